The van der Waals surface area contributed by atoms with Crippen LogP contribution >= 0.6 is 0 Å². The number of sulfonamides is 2. The molecule has 1 amide bonds. The van der Waals surface area contributed by atoms with E-state index in [9.17, 15) is 21.6 Å². The van der Waals surface area contributed by atoms with Gasteiger partial charge in [0.05, 0.1) is 23.4 Å². The van der Waals surface area contributed by atoms with Gasteiger partial charge in [-0.05, 0) is 68.3 Å². The highest BCUT2D eigenvalue weighted by molar-refractivity contribution is 7.92. The molecular formula is C22H29N3O6S2. The van der Waals surface area contributed by atoms with Crippen molar-refractivity contribution in [3.05, 3.63) is 54.1 Å². The molecule has 1 fully saturated rings. The molecule has 1 N–H and O–H groups in total. The largest absolute Gasteiger partial charge is 0.492 e. The van der Waals surface area contributed by atoms with Gasteiger partial charge in [-0.2, -0.15) is 4.31 Å². The van der Waals surface area contributed by atoms with Gasteiger partial charge in [-0.3, -0.25) is 9.10 Å². The van der Waals surface area contributed by atoms with Crippen LogP contribution in [-0.2, 0) is 20.0 Å². The summed E-state index contributed by atoms with van der Waals surface area (Å²) in [5, 5.41) is 2.74. The van der Waals surface area contributed by atoms with Gasteiger partial charge in [0.2, 0.25) is 20.0 Å². The number of benzene rings is 2. The SMILES string of the molecule is CCN(c1ccc(C(=O)NCCOc2ccc(S(=O)(=O)N3CCCC3)cc2)cc1)S(C)(=O)=O. The number of nitrogens with one attached hydrogen (secondary N) is 1. The minimum Gasteiger partial charge on any atom is -0.492 e. The molecule has 180 valence electrons. The third-order valence-electron chi connectivity index (χ3n) is 5.29. The van der Waals surface area contributed by atoms with E-state index in [4.69, 9.17) is 4.74 Å². The van der Waals surface area contributed by atoms with Crippen LogP contribution in [-0.4, -0.2) is 66.1 Å². The minimum atomic E-state index is -3.46. The topological polar surface area (TPSA) is 113 Å². The highest BCUT2D eigenvalue weighted by atomic mass is 32.2. The Balaban J connectivity index is 1.48. The molecule has 1 aliphatic rings. The Morgan fingerprint density at radius 2 is 1.61 bits per heavy atom. The second-order valence-electron chi connectivity index (χ2n) is 7.66. The van der Waals surface area contributed by atoms with Crippen LogP contribution in [0.2, 0.25) is 0 Å². The maximum Gasteiger partial charge on any atom is 0.251 e. The maximum atomic E-state index is 12.5. The normalized spacial score (nSPS) is 14.7. The molecule has 0 aromatic heterocycles. The van der Waals surface area contributed by atoms with E-state index < -0.39 is 20.0 Å². The number of rotatable bonds is 10. The number of anilines is 1. The van der Waals surface area contributed by atoms with E-state index in [1.54, 1.807) is 43.3 Å². The first-order chi connectivity index (χ1) is 15.6. The summed E-state index contributed by atoms with van der Waals surface area (Å²) in [5.41, 5.74) is 0.898. The summed E-state index contributed by atoms with van der Waals surface area (Å²) in [6.45, 7) is 3.60. The van der Waals surface area contributed by atoms with Crippen molar-refractivity contribution in [2.45, 2.75) is 24.7 Å². The zero-order valence-corrected chi connectivity index (χ0v) is 20.4. The van der Waals surface area contributed by atoms with Crippen LogP contribution in [0.5, 0.6) is 5.75 Å². The Morgan fingerprint density at radius 3 is 2.15 bits per heavy atom. The summed E-state index contributed by atoms with van der Waals surface area (Å²) in [4.78, 5) is 12.6. The fourth-order valence-corrected chi connectivity index (χ4v) is 6.10. The summed E-state index contributed by atoms with van der Waals surface area (Å²) in [7, 11) is -6.84. The summed E-state index contributed by atoms with van der Waals surface area (Å²) in [5.74, 6) is 0.203. The van der Waals surface area contributed by atoms with Crippen LogP contribution in [0, 0.1) is 0 Å². The van der Waals surface area contributed by atoms with Crippen LogP contribution in [0.25, 0.3) is 0 Å². The number of ether oxygens (including phenoxy) is 1. The highest BCUT2D eigenvalue weighted by Crippen LogP contribution is 2.23. The lowest BCUT2D eigenvalue weighted by Crippen LogP contribution is -2.30. The standard InChI is InChI=1S/C22H29N3O6S2/c1-3-25(32(2,27)28)19-8-6-18(7-9-19)22(26)23-14-17-31-20-10-12-21(13-11-20)33(29,30)24-15-4-5-16-24/h6-13H,3-5,14-17H2,1-2H3,(H,23,26). The van der Waals surface area contributed by atoms with E-state index in [2.05, 4.69) is 5.32 Å². The van der Waals surface area contributed by atoms with Gasteiger partial charge in [0.1, 0.15) is 12.4 Å². The van der Waals surface area contributed by atoms with Crippen molar-refractivity contribution in [3.8, 4) is 5.75 Å². The highest BCUT2D eigenvalue weighted by Gasteiger charge is 2.26. The lowest BCUT2D eigenvalue weighted by molar-refractivity contribution is 0.0947. The average molecular weight is 496 g/mol. The predicted molar refractivity (Wildman–Crippen MR) is 127 cm³/mol. The number of amides is 1. The van der Waals surface area contributed by atoms with Crippen molar-refractivity contribution < 1.29 is 26.4 Å². The molecule has 3 rings (SSSR count). The van der Waals surface area contributed by atoms with Crippen LogP contribution in [0.1, 0.15) is 30.1 Å². The molecular weight excluding hydrogens is 466 g/mol. The average Bonchev–Trinajstić information content (AvgIpc) is 3.33. The molecule has 0 aliphatic carbocycles. The van der Waals surface area contributed by atoms with Gasteiger partial charge in [0.25, 0.3) is 5.91 Å². The predicted octanol–water partition coefficient (Wildman–Crippen LogP) is 2.07. The van der Waals surface area contributed by atoms with Crippen LogP contribution in [0.3, 0.4) is 0 Å². The van der Waals surface area contributed by atoms with Crippen LogP contribution in [0.4, 0.5) is 5.69 Å². The molecule has 1 saturated heterocycles. The molecule has 0 unspecified atom stereocenters. The van der Waals surface area contributed by atoms with Gasteiger partial charge in [-0.1, -0.05) is 0 Å². The van der Waals surface area contributed by atoms with Gasteiger partial charge in [0, 0.05) is 25.2 Å². The lowest BCUT2D eigenvalue weighted by atomic mass is 10.2. The molecule has 33 heavy (non-hydrogen) atoms. The van der Waals surface area contributed by atoms with Gasteiger partial charge in [-0.25, -0.2) is 16.8 Å². The molecule has 1 heterocycles. The summed E-state index contributed by atoms with van der Waals surface area (Å²) < 4.78 is 57.0. The Bertz CT molecular complexity index is 1160. The van der Waals surface area contributed by atoms with Crippen molar-refractivity contribution in [1.82, 2.24) is 9.62 Å². The van der Waals surface area contributed by atoms with Gasteiger partial charge < -0.3 is 10.1 Å². The van der Waals surface area contributed by atoms with Gasteiger partial charge in [-0.15, -0.1) is 0 Å². The Morgan fingerprint density at radius 1 is 1.00 bits per heavy atom. The van der Waals surface area contributed by atoms with E-state index in [1.165, 1.54) is 20.7 Å². The van der Waals surface area contributed by atoms with E-state index in [0.717, 1.165) is 19.1 Å². The fraction of sp³-hybridized carbons (Fsp3) is 0.409. The first-order valence-corrected chi connectivity index (χ1v) is 14.0. The molecule has 9 nitrogen and oxygen atoms in total. The Labute approximate surface area is 195 Å². The quantitative estimate of drug-likeness (QED) is 0.505. The van der Waals surface area contributed by atoms with E-state index in [1.807, 2.05) is 0 Å². The van der Waals surface area contributed by atoms with Crippen LogP contribution in [0.15, 0.2) is 53.4 Å². The number of carbonyl (C=O) groups excluding carboxylic acids is 1. The molecule has 0 spiro atoms. The molecule has 0 radical (unpaired) electrons. The summed E-state index contributed by atoms with van der Waals surface area (Å²) >= 11 is 0. The first kappa shape index (κ1) is 25.0. The molecule has 0 saturated carbocycles. The van der Waals surface area contributed by atoms with E-state index in [-0.39, 0.29) is 24.0 Å². The first-order valence-electron chi connectivity index (χ1n) is 10.7. The number of hydrogen-bond donors (Lipinski definition) is 1. The minimum absolute atomic E-state index is 0.208. The Kier molecular flexibility index (Phi) is 7.98. The fourth-order valence-electron chi connectivity index (χ4n) is 3.61. The van der Waals surface area contributed by atoms with E-state index in [0.29, 0.717) is 36.6 Å². The molecule has 2 aromatic carbocycles. The van der Waals surface area contributed by atoms with E-state index >= 15 is 0 Å². The molecule has 11 heteroatoms. The third kappa shape index (κ3) is 6.24. The Hall–Kier alpha value is -2.63. The summed E-state index contributed by atoms with van der Waals surface area (Å²) in [6, 6.07) is 12.6. The van der Waals surface area contributed by atoms with Crippen molar-refractivity contribution in [3.63, 3.8) is 0 Å². The maximum absolute atomic E-state index is 12.5. The molecule has 1 aliphatic heterocycles. The third-order valence-corrected chi connectivity index (χ3v) is 8.47. The smallest absolute Gasteiger partial charge is 0.251 e. The van der Waals surface area contributed by atoms with Gasteiger partial charge >= 0.3 is 0 Å². The monoisotopic (exact) mass is 495 g/mol. The second-order valence-corrected chi connectivity index (χ2v) is 11.5. The van der Waals surface area contributed by atoms with Crippen LogP contribution < -0.4 is 14.4 Å². The molecule has 0 bridgehead atoms. The lowest BCUT2D eigenvalue weighted by Gasteiger charge is -2.20. The van der Waals surface area contributed by atoms with Crippen molar-refractivity contribution >= 4 is 31.6 Å². The summed E-state index contributed by atoms with van der Waals surface area (Å²) in [6.07, 6.45) is 2.90. The number of hydrogen-bond acceptors (Lipinski definition) is 6. The molecule has 2 aromatic rings. The number of nitrogens with zero attached hydrogens (tertiary/aromatic N) is 2. The second kappa shape index (κ2) is 10.5. The van der Waals surface area contributed by atoms with Gasteiger partial charge in [0.15, 0.2) is 0 Å². The number of carbonyl (C=O) groups is 1. The zero-order chi connectivity index (χ0) is 24.1. The van der Waals surface area contributed by atoms with Crippen molar-refractivity contribution in [1.29, 1.82) is 0 Å². The zero-order valence-electron chi connectivity index (χ0n) is 18.7. The molecule has 0 atom stereocenters. The van der Waals surface area contributed by atoms with Crippen molar-refractivity contribution in [2.24, 2.45) is 0 Å². The van der Waals surface area contributed by atoms with Crippen molar-refractivity contribution in [2.75, 3.05) is 43.3 Å².